The molecular weight excluding hydrogens is 284 g/mol. The first-order valence-electron chi connectivity index (χ1n) is 5.62. The van der Waals surface area contributed by atoms with Crippen molar-refractivity contribution in [2.24, 2.45) is 0 Å². The Hall–Kier alpha value is -0.810. The maximum atomic E-state index is 11.5. The molecule has 1 aromatic rings. The van der Waals surface area contributed by atoms with Crippen LogP contribution >= 0.6 is 15.9 Å². The quantitative estimate of drug-likeness (QED) is 0.822. The van der Waals surface area contributed by atoms with Crippen LogP contribution in [-0.2, 0) is 11.3 Å². The molecule has 0 unspecified atom stereocenters. The lowest BCUT2D eigenvalue weighted by atomic mass is 10.1. The Balaban J connectivity index is 2.17. The first-order valence-corrected chi connectivity index (χ1v) is 6.41. The third-order valence-corrected chi connectivity index (χ3v) is 2.73. The highest BCUT2D eigenvalue weighted by Crippen LogP contribution is 2.16. The van der Waals surface area contributed by atoms with E-state index in [0.29, 0.717) is 19.5 Å². The highest BCUT2D eigenvalue weighted by molar-refractivity contribution is 9.10. The molecule has 17 heavy (non-hydrogen) atoms. The summed E-state index contributed by atoms with van der Waals surface area (Å²) >= 11 is 3.37. The topological polar surface area (TPSA) is 54.3 Å². The zero-order valence-corrected chi connectivity index (χ0v) is 12.1. The van der Waals surface area contributed by atoms with Crippen LogP contribution in [0.15, 0.2) is 21.2 Å². The van der Waals surface area contributed by atoms with Gasteiger partial charge in [0.25, 0.3) is 0 Å². The second kappa shape index (κ2) is 6.21. The van der Waals surface area contributed by atoms with Crippen LogP contribution in [0.5, 0.6) is 0 Å². The van der Waals surface area contributed by atoms with Gasteiger partial charge in [-0.25, -0.2) is 0 Å². The van der Waals surface area contributed by atoms with Crippen molar-refractivity contribution in [2.75, 3.05) is 6.54 Å². The molecule has 96 valence electrons. The van der Waals surface area contributed by atoms with E-state index in [1.165, 1.54) is 0 Å². The van der Waals surface area contributed by atoms with E-state index in [9.17, 15) is 4.79 Å². The molecule has 1 aromatic heterocycles. The van der Waals surface area contributed by atoms with Gasteiger partial charge in [0.1, 0.15) is 5.76 Å². The van der Waals surface area contributed by atoms with Gasteiger partial charge < -0.3 is 15.1 Å². The fourth-order valence-electron chi connectivity index (χ4n) is 1.34. The summed E-state index contributed by atoms with van der Waals surface area (Å²) in [4.78, 5) is 11.5. The van der Waals surface area contributed by atoms with Crippen molar-refractivity contribution in [2.45, 2.75) is 39.3 Å². The largest absolute Gasteiger partial charge is 0.467 e. The number of carbonyl (C=O) groups excluding carboxylic acids is 1. The number of rotatable bonds is 5. The van der Waals surface area contributed by atoms with Crippen molar-refractivity contribution in [1.82, 2.24) is 10.6 Å². The van der Waals surface area contributed by atoms with Gasteiger partial charge in [-0.1, -0.05) is 0 Å². The third kappa shape index (κ3) is 5.89. The van der Waals surface area contributed by atoms with Gasteiger partial charge in [-0.2, -0.15) is 0 Å². The molecule has 0 spiro atoms. The second-order valence-electron chi connectivity index (χ2n) is 4.92. The summed E-state index contributed by atoms with van der Waals surface area (Å²) in [5.74, 6) is 0.907. The van der Waals surface area contributed by atoms with Crippen molar-refractivity contribution >= 4 is 21.8 Å². The van der Waals surface area contributed by atoms with E-state index < -0.39 is 0 Å². The molecule has 1 amide bonds. The number of furan rings is 1. The predicted octanol–water partition coefficient (Wildman–Crippen LogP) is 2.44. The lowest BCUT2D eigenvalue weighted by molar-refractivity contribution is -0.122. The fourth-order valence-corrected chi connectivity index (χ4v) is 1.68. The van der Waals surface area contributed by atoms with Crippen molar-refractivity contribution in [1.29, 1.82) is 0 Å². The summed E-state index contributed by atoms with van der Waals surface area (Å²) in [6, 6.07) is 1.85. The normalized spacial score (nSPS) is 11.5. The van der Waals surface area contributed by atoms with E-state index in [1.807, 2.05) is 26.8 Å². The molecule has 0 atom stereocenters. The van der Waals surface area contributed by atoms with Gasteiger partial charge in [0.15, 0.2) is 0 Å². The zero-order valence-electron chi connectivity index (χ0n) is 10.5. The van der Waals surface area contributed by atoms with Gasteiger partial charge in [0.2, 0.25) is 5.91 Å². The predicted molar refractivity (Wildman–Crippen MR) is 70.6 cm³/mol. The lowest BCUT2D eigenvalue weighted by Gasteiger charge is -2.20. The van der Waals surface area contributed by atoms with Gasteiger partial charge in [-0.15, -0.1) is 0 Å². The summed E-state index contributed by atoms with van der Waals surface area (Å²) in [7, 11) is 0. The van der Waals surface area contributed by atoms with Crippen molar-refractivity contribution < 1.29 is 9.21 Å². The third-order valence-electron chi connectivity index (χ3n) is 2.02. The maximum Gasteiger partial charge on any atom is 0.221 e. The van der Waals surface area contributed by atoms with Gasteiger partial charge in [-0.05, 0) is 42.8 Å². The van der Waals surface area contributed by atoms with Crippen molar-refractivity contribution in [3.63, 3.8) is 0 Å². The van der Waals surface area contributed by atoms with Crippen LogP contribution in [0, 0.1) is 0 Å². The Kier molecular flexibility index (Phi) is 5.21. The molecule has 2 N–H and O–H groups in total. The molecule has 4 nitrogen and oxygen atoms in total. The SMILES string of the molecule is CC(C)(C)NC(=O)CCNCc1occc1Br. The molecular formula is C12H19BrN2O2. The average molecular weight is 303 g/mol. The van der Waals surface area contributed by atoms with E-state index in [-0.39, 0.29) is 11.4 Å². The zero-order chi connectivity index (χ0) is 12.9. The summed E-state index contributed by atoms with van der Waals surface area (Å²) in [6.07, 6.45) is 2.10. The summed E-state index contributed by atoms with van der Waals surface area (Å²) < 4.78 is 6.19. The van der Waals surface area contributed by atoms with Crippen LogP contribution in [0.1, 0.15) is 33.0 Å². The average Bonchev–Trinajstić information content (AvgIpc) is 2.56. The minimum atomic E-state index is -0.166. The van der Waals surface area contributed by atoms with Gasteiger partial charge in [0.05, 0.1) is 17.3 Å². The van der Waals surface area contributed by atoms with Gasteiger partial charge >= 0.3 is 0 Å². The van der Waals surface area contributed by atoms with Crippen LogP contribution in [0.3, 0.4) is 0 Å². The highest BCUT2D eigenvalue weighted by atomic mass is 79.9. The van der Waals surface area contributed by atoms with E-state index >= 15 is 0 Å². The van der Waals surface area contributed by atoms with E-state index in [0.717, 1.165) is 10.2 Å². The molecule has 0 aromatic carbocycles. The van der Waals surface area contributed by atoms with Crippen LogP contribution in [0.4, 0.5) is 0 Å². The first kappa shape index (κ1) is 14.3. The maximum absolute atomic E-state index is 11.5. The van der Waals surface area contributed by atoms with Crippen molar-refractivity contribution in [3.8, 4) is 0 Å². The standard InChI is InChI=1S/C12H19BrN2O2/c1-12(2,3)15-11(16)4-6-14-8-10-9(13)5-7-17-10/h5,7,14H,4,6,8H2,1-3H3,(H,15,16). The first-order chi connectivity index (χ1) is 7.88. The van der Waals surface area contributed by atoms with E-state index in [2.05, 4.69) is 26.6 Å². The molecule has 0 aliphatic carbocycles. The van der Waals surface area contributed by atoms with Crippen molar-refractivity contribution in [3.05, 3.63) is 22.6 Å². The molecule has 0 bridgehead atoms. The molecule has 5 heteroatoms. The Bertz CT molecular complexity index is 369. The number of hydrogen-bond acceptors (Lipinski definition) is 3. The number of carbonyl (C=O) groups is 1. The molecule has 1 rings (SSSR count). The monoisotopic (exact) mass is 302 g/mol. The highest BCUT2D eigenvalue weighted by Gasteiger charge is 2.13. The van der Waals surface area contributed by atoms with E-state index in [1.54, 1.807) is 6.26 Å². The molecule has 0 saturated carbocycles. The van der Waals surface area contributed by atoms with Crippen LogP contribution < -0.4 is 10.6 Å². The summed E-state index contributed by atoms with van der Waals surface area (Å²) in [6.45, 7) is 7.17. The number of hydrogen-bond donors (Lipinski definition) is 2. The van der Waals surface area contributed by atoms with E-state index in [4.69, 9.17) is 4.42 Å². The van der Waals surface area contributed by atoms with Gasteiger partial charge in [-0.3, -0.25) is 4.79 Å². The number of nitrogens with one attached hydrogen (secondary N) is 2. The number of amides is 1. The summed E-state index contributed by atoms with van der Waals surface area (Å²) in [5, 5.41) is 6.07. The van der Waals surface area contributed by atoms with Crippen LogP contribution in [0.2, 0.25) is 0 Å². The smallest absolute Gasteiger partial charge is 0.221 e. The second-order valence-corrected chi connectivity index (χ2v) is 5.77. The number of halogens is 1. The molecule has 0 radical (unpaired) electrons. The molecule has 0 aliphatic heterocycles. The Labute approximate surface area is 110 Å². The Morgan fingerprint density at radius 2 is 2.18 bits per heavy atom. The molecule has 1 heterocycles. The van der Waals surface area contributed by atoms with Crippen LogP contribution in [-0.4, -0.2) is 18.0 Å². The Morgan fingerprint density at radius 1 is 1.47 bits per heavy atom. The van der Waals surface area contributed by atoms with Crippen LogP contribution in [0.25, 0.3) is 0 Å². The minimum Gasteiger partial charge on any atom is -0.467 e. The molecule has 0 saturated heterocycles. The molecule has 0 fully saturated rings. The minimum absolute atomic E-state index is 0.0588. The Morgan fingerprint density at radius 3 is 2.71 bits per heavy atom. The summed E-state index contributed by atoms with van der Waals surface area (Å²) in [5.41, 5.74) is -0.166. The fraction of sp³-hybridized carbons (Fsp3) is 0.583. The lowest BCUT2D eigenvalue weighted by Crippen LogP contribution is -2.41. The molecule has 0 aliphatic rings. The van der Waals surface area contributed by atoms with Gasteiger partial charge in [0, 0.05) is 18.5 Å².